The summed E-state index contributed by atoms with van der Waals surface area (Å²) in [5.74, 6) is 1.67. The largest absolute Gasteiger partial charge is 0.493 e. The summed E-state index contributed by atoms with van der Waals surface area (Å²) in [6.07, 6.45) is -1.12. The second kappa shape index (κ2) is 10.5. The maximum atomic E-state index is 12.4. The smallest absolute Gasteiger partial charge is 0.228 e. The molecular formula is C22H27NO8. The van der Waals surface area contributed by atoms with Crippen molar-refractivity contribution >= 4 is 17.3 Å². The van der Waals surface area contributed by atoms with Crippen LogP contribution in [-0.2, 0) is 4.79 Å². The van der Waals surface area contributed by atoms with E-state index in [-0.39, 0.29) is 45.2 Å². The summed E-state index contributed by atoms with van der Waals surface area (Å²) in [5, 5.41) is 36.6. The molecule has 2 aromatic carbocycles. The molecule has 168 valence electrons. The molecule has 0 bridgehead atoms. The van der Waals surface area contributed by atoms with Gasteiger partial charge < -0.3 is 34.6 Å². The number of carbonyl (C=O) groups is 1. The van der Waals surface area contributed by atoms with Crippen LogP contribution in [0.2, 0.25) is 0 Å². The fourth-order valence-electron chi connectivity index (χ4n) is 3.10. The van der Waals surface area contributed by atoms with Crippen LogP contribution < -0.4 is 19.1 Å². The highest BCUT2D eigenvalue weighted by molar-refractivity contribution is 6.03. The second-order valence-electron chi connectivity index (χ2n) is 7.16. The number of hydrogen-bond donors (Lipinski definition) is 4. The Labute approximate surface area is 180 Å². The van der Waals surface area contributed by atoms with E-state index in [2.05, 4.69) is 0 Å². The molecule has 3 rings (SSSR count). The molecule has 9 nitrogen and oxygen atoms in total. The molecule has 0 spiro atoms. The minimum atomic E-state index is -0.842. The lowest BCUT2D eigenvalue weighted by atomic mass is 10.1. The van der Waals surface area contributed by atoms with Crippen molar-refractivity contribution < 1.29 is 39.4 Å². The lowest BCUT2D eigenvalue weighted by Crippen LogP contribution is -2.26. The molecule has 1 amide bonds. The first-order chi connectivity index (χ1) is 14.9. The number of amides is 1. The van der Waals surface area contributed by atoms with E-state index in [0.29, 0.717) is 34.4 Å². The van der Waals surface area contributed by atoms with E-state index in [1.54, 1.807) is 36.4 Å². The van der Waals surface area contributed by atoms with Gasteiger partial charge in [-0.3, -0.25) is 9.69 Å². The lowest BCUT2D eigenvalue weighted by molar-refractivity contribution is -0.115. The van der Waals surface area contributed by atoms with E-state index in [0.717, 1.165) is 0 Å². The van der Waals surface area contributed by atoms with Crippen LogP contribution in [0, 0.1) is 0 Å². The molecule has 0 aliphatic carbocycles. The van der Waals surface area contributed by atoms with E-state index in [9.17, 15) is 15.0 Å². The van der Waals surface area contributed by atoms with Crippen LogP contribution in [0.25, 0.3) is 0 Å². The normalized spacial score (nSPS) is 14.2. The first-order valence-electron chi connectivity index (χ1n) is 10.0. The molecule has 0 fully saturated rings. The summed E-state index contributed by atoms with van der Waals surface area (Å²) < 4.78 is 17.2. The number of hydrogen-bond acceptors (Lipinski definition) is 8. The quantitative estimate of drug-likeness (QED) is 0.446. The Bertz CT molecular complexity index is 838. The summed E-state index contributed by atoms with van der Waals surface area (Å²) in [4.78, 5) is 13.9. The van der Waals surface area contributed by atoms with Gasteiger partial charge in [-0.25, -0.2) is 0 Å². The summed E-state index contributed by atoms with van der Waals surface area (Å²) in [5.41, 5.74) is 1.14. The van der Waals surface area contributed by atoms with Gasteiger partial charge in [-0.1, -0.05) is 0 Å². The van der Waals surface area contributed by atoms with Crippen molar-refractivity contribution in [1.29, 1.82) is 0 Å². The van der Waals surface area contributed by atoms with Gasteiger partial charge in [0, 0.05) is 31.9 Å². The minimum Gasteiger partial charge on any atom is -0.493 e. The van der Waals surface area contributed by atoms with Gasteiger partial charge in [0.2, 0.25) is 5.91 Å². The average Bonchev–Trinajstić information content (AvgIpc) is 2.76. The third kappa shape index (κ3) is 5.65. The SMILES string of the molecule is CC(=O)N1c2ccc(OCCC(O)CO)cc2Oc2cc(OCCC(O)CO)ccc21. The van der Waals surface area contributed by atoms with E-state index in [1.165, 1.54) is 11.8 Å². The molecule has 0 saturated heterocycles. The number of carbonyl (C=O) groups excluding carboxylic acids is 1. The van der Waals surface area contributed by atoms with Crippen LogP contribution in [0.5, 0.6) is 23.0 Å². The molecule has 9 heteroatoms. The first-order valence-corrected chi connectivity index (χ1v) is 10.0. The Morgan fingerprint density at radius 3 is 1.74 bits per heavy atom. The van der Waals surface area contributed by atoms with Crippen LogP contribution in [0.1, 0.15) is 19.8 Å². The van der Waals surface area contributed by atoms with E-state index >= 15 is 0 Å². The van der Waals surface area contributed by atoms with Crippen LogP contribution in [0.3, 0.4) is 0 Å². The highest BCUT2D eigenvalue weighted by atomic mass is 16.5. The Hall–Kier alpha value is -2.85. The van der Waals surface area contributed by atoms with Crippen molar-refractivity contribution in [1.82, 2.24) is 0 Å². The molecule has 1 heterocycles. The molecule has 0 radical (unpaired) electrons. The average molecular weight is 433 g/mol. The molecule has 31 heavy (non-hydrogen) atoms. The van der Waals surface area contributed by atoms with Crippen LogP contribution in [-0.4, -0.2) is 65.0 Å². The Morgan fingerprint density at radius 2 is 1.35 bits per heavy atom. The molecule has 1 aliphatic heterocycles. The number of ether oxygens (including phenoxy) is 3. The first kappa shape index (κ1) is 22.8. The fraction of sp³-hybridized carbons (Fsp3) is 0.409. The second-order valence-corrected chi connectivity index (χ2v) is 7.16. The summed E-state index contributed by atoms with van der Waals surface area (Å²) in [7, 11) is 0. The van der Waals surface area contributed by atoms with Crippen molar-refractivity contribution in [3.8, 4) is 23.0 Å². The number of aliphatic hydroxyl groups is 4. The number of benzene rings is 2. The molecular weight excluding hydrogens is 406 g/mol. The van der Waals surface area contributed by atoms with E-state index in [4.69, 9.17) is 24.4 Å². The molecule has 2 aromatic rings. The molecule has 0 saturated carbocycles. The molecule has 0 aromatic heterocycles. The monoisotopic (exact) mass is 433 g/mol. The zero-order valence-corrected chi connectivity index (χ0v) is 17.2. The van der Waals surface area contributed by atoms with Crippen LogP contribution >= 0.6 is 0 Å². The molecule has 2 atom stereocenters. The number of aliphatic hydroxyl groups excluding tert-OH is 4. The topological polar surface area (TPSA) is 129 Å². The Kier molecular flexibility index (Phi) is 7.69. The van der Waals surface area contributed by atoms with Crippen molar-refractivity contribution in [3.05, 3.63) is 36.4 Å². The molecule has 2 unspecified atom stereocenters. The summed E-state index contributed by atoms with van der Waals surface area (Å²) >= 11 is 0. The number of anilines is 2. The number of nitrogens with zero attached hydrogens (tertiary/aromatic N) is 1. The van der Waals surface area contributed by atoms with Crippen molar-refractivity contribution in [2.75, 3.05) is 31.3 Å². The van der Waals surface area contributed by atoms with Crippen LogP contribution in [0.15, 0.2) is 36.4 Å². The Balaban J connectivity index is 1.78. The summed E-state index contributed by atoms with van der Waals surface area (Å²) in [6.45, 7) is 1.23. The third-order valence-electron chi connectivity index (χ3n) is 4.74. The van der Waals surface area contributed by atoms with Gasteiger partial charge in [-0.2, -0.15) is 0 Å². The molecule has 1 aliphatic rings. The van der Waals surface area contributed by atoms with Gasteiger partial charge >= 0.3 is 0 Å². The highest BCUT2D eigenvalue weighted by Gasteiger charge is 2.28. The highest BCUT2D eigenvalue weighted by Crippen LogP contribution is 2.49. The molecule has 4 N–H and O–H groups in total. The van der Waals surface area contributed by atoms with Crippen molar-refractivity contribution in [2.24, 2.45) is 0 Å². The summed E-state index contributed by atoms with van der Waals surface area (Å²) in [6, 6.07) is 10.2. The number of fused-ring (bicyclic) bond motifs is 2. The third-order valence-corrected chi connectivity index (χ3v) is 4.74. The van der Waals surface area contributed by atoms with Gasteiger partial charge in [0.1, 0.15) is 11.5 Å². The van der Waals surface area contributed by atoms with E-state index < -0.39 is 12.2 Å². The number of rotatable bonds is 10. The predicted molar refractivity (Wildman–Crippen MR) is 112 cm³/mol. The minimum absolute atomic E-state index is 0.190. The van der Waals surface area contributed by atoms with Gasteiger partial charge in [0.05, 0.1) is 50.0 Å². The van der Waals surface area contributed by atoms with Gasteiger partial charge in [-0.05, 0) is 24.3 Å². The Morgan fingerprint density at radius 1 is 0.903 bits per heavy atom. The van der Waals surface area contributed by atoms with Gasteiger partial charge in [0.25, 0.3) is 0 Å². The predicted octanol–water partition coefficient (Wildman–Crippen LogP) is 1.72. The van der Waals surface area contributed by atoms with Gasteiger partial charge in [0.15, 0.2) is 11.5 Å². The van der Waals surface area contributed by atoms with Crippen molar-refractivity contribution in [2.45, 2.75) is 32.0 Å². The fourth-order valence-corrected chi connectivity index (χ4v) is 3.10. The zero-order chi connectivity index (χ0) is 22.4. The lowest BCUT2D eigenvalue weighted by Gasteiger charge is -2.31. The van der Waals surface area contributed by atoms with Gasteiger partial charge in [-0.15, -0.1) is 0 Å². The zero-order valence-electron chi connectivity index (χ0n) is 17.2. The van der Waals surface area contributed by atoms with E-state index in [1.807, 2.05) is 0 Å². The maximum Gasteiger partial charge on any atom is 0.228 e. The maximum absolute atomic E-state index is 12.4. The standard InChI is InChI=1S/C22H27NO8/c1-14(26)23-19-4-2-17(29-8-6-15(27)12-24)10-21(19)31-22-11-18(3-5-20(22)23)30-9-7-16(28)13-25/h2-5,10-11,15-16,24-25,27-28H,6-9,12-13H2,1H3. The van der Waals surface area contributed by atoms with Crippen LogP contribution in [0.4, 0.5) is 11.4 Å². The van der Waals surface area contributed by atoms with Crippen molar-refractivity contribution in [3.63, 3.8) is 0 Å².